The second kappa shape index (κ2) is 21.1. The van der Waals surface area contributed by atoms with Crippen molar-refractivity contribution in [1.29, 1.82) is 0 Å². The molecule has 0 atom stereocenters. The van der Waals surface area contributed by atoms with Crippen LogP contribution in [-0.2, 0) is 13.0 Å². The lowest BCUT2D eigenvalue weighted by molar-refractivity contribution is 0.567. The van der Waals surface area contributed by atoms with E-state index in [1.165, 1.54) is 113 Å². The first-order valence-electron chi connectivity index (χ1n) is 16.7. The van der Waals surface area contributed by atoms with Crippen molar-refractivity contribution >= 4 is 35.0 Å². The zero-order valence-corrected chi connectivity index (χ0v) is 29.1. The maximum atomic E-state index is 6.35. The fourth-order valence-electron chi connectivity index (χ4n) is 5.42. The van der Waals surface area contributed by atoms with Crippen LogP contribution < -0.4 is 0 Å². The van der Waals surface area contributed by atoms with Crippen LogP contribution in [0.3, 0.4) is 0 Å². The van der Waals surface area contributed by atoms with Crippen LogP contribution in [0.25, 0.3) is 0 Å². The molecule has 0 saturated carbocycles. The van der Waals surface area contributed by atoms with Crippen LogP contribution >= 0.6 is 35.0 Å². The molecule has 0 aliphatic carbocycles. The van der Waals surface area contributed by atoms with Crippen LogP contribution in [0.5, 0.6) is 0 Å². The first-order chi connectivity index (χ1) is 21.0. The van der Waals surface area contributed by atoms with Crippen LogP contribution in [0.1, 0.15) is 140 Å². The summed E-state index contributed by atoms with van der Waals surface area (Å²) in [6.45, 7) is 7.51. The molecule has 3 aromatic rings. The fraction of sp³-hybridized carbons (Fsp3) is 0.568. The molecule has 0 N–H and O–H groups in total. The highest BCUT2D eigenvalue weighted by Crippen LogP contribution is 2.38. The normalized spacial score (nSPS) is 11.8. The first kappa shape index (κ1) is 35.7. The van der Waals surface area contributed by atoms with Crippen LogP contribution in [0.4, 0.5) is 0 Å². The van der Waals surface area contributed by atoms with E-state index in [1.807, 2.05) is 24.5 Å². The minimum absolute atomic E-state index is 0.319. The third kappa shape index (κ3) is 13.8. The molecule has 0 fully saturated rings. The summed E-state index contributed by atoms with van der Waals surface area (Å²) in [4.78, 5) is 10.5. The van der Waals surface area contributed by atoms with Crippen molar-refractivity contribution in [3.8, 4) is 0 Å². The molecule has 6 heteroatoms. The largest absolute Gasteiger partial charge is 0.318 e. The lowest BCUT2D eigenvalue weighted by Gasteiger charge is -2.14. The maximum Gasteiger partial charge on any atom is 0.110 e. The van der Waals surface area contributed by atoms with Crippen molar-refractivity contribution < 1.29 is 0 Å². The van der Waals surface area contributed by atoms with Gasteiger partial charge in [-0.05, 0) is 73.9 Å². The van der Waals surface area contributed by atoms with Gasteiger partial charge in [-0.1, -0.05) is 132 Å². The number of rotatable bonds is 22. The third-order valence-electron chi connectivity index (χ3n) is 7.88. The van der Waals surface area contributed by atoms with Gasteiger partial charge in [0.25, 0.3) is 0 Å². The molecule has 3 rings (SSSR count). The SMILES string of the molecule is CCCCCCCC/C=C\CCCCCCCCCc1nc(C(C)C)c(Sc2cc(Cl)cc(Cl)c2)n1Cc1ccncc1. The number of aryl methyl sites for hydroxylation is 1. The Hall–Kier alpha value is -1.75. The Balaban J connectivity index is 1.46. The molecule has 2 aromatic heterocycles. The lowest BCUT2D eigenvalue weighted by Crippen LogP contribution is -2.07. The zero-order valence-electron chi connectivity index (χ0n) is 26.8. The van der Waals surface area contributed by atoms with E-state index in [0.717, 1.165) is 23.6 Å². The van der Waals surface area contributed by atoms with E-state index < -0.39 is 0 Å². The number of aromatic nitrogens is 3. The quantitative estimate of drug-likeness (QED) is 0.0807. The van der Waals surface area contributed by atoms with Gasteiger partial charge in [0.15, 0.2) is 0 Å². The molecule has 0 radical (unpaired) electrons. The molecular formula is C37H53Cl2N3S. The van der Waals surface area contributed by atoms with Crippen molar-refractivity contribution in [3.63, 3.8) is 0 Å². The molecule has 2 heterocycles. The first-order valence-corrected chi connectivity index (χ1v) is 18.3. The number of nitrogens with zero attached hydrogens (tertiary/aromatic N) is 3. The van der Waals surface area contributed by atoms with Gasteiger partial charge in [0.2, 0.25) is 0 Å². The maximum absolute atomic E-state index is 6.35. The number of imidazole rings is 1. The minimum Gasteiger partial charge on any atom is -0.318 e. The van der Waals surface area contributed by atoms with E-state index in [0.29, 0.717) is 16.0 Å². The molecule has 3 nitrogen and oxygen atoms in total. The van der Waals surface area contributed by atoms with Crippen LogP contribution in [0.2, 0.25) is 10.0 Å². The van der Waals surface area contributed by atoms with Crippen LogP contribution in [0, 0.1) is 0 Å². The van der Waals surface area contributed by atoms with Gasteiger partial charge in [-0.2, -0.15) is 0 Å². The topological polar surface area (TPSA) is 30.7 Å². The van der Waals surface area contributed by atoms with Gasteiger partial charge in [0.1, 0.15) is 10.9 Å². The summed E-state index contributed by atoms with van der Waals surface area (Å²) in [6, 6.07) is 9.94. The average Bonchev–Trinajstić information content (AvgIpc) is 3.31. The number of unbranched alkanes of at least 4 members (excludes halogenated alkanes) is 13. The fourth-order valence-corrected chi connectivity index (χ4v) is 7.33. The molecule has 1 aromatic carbocycles. The molecular weight excluding hydrogens is 589 g/mol. The Morgan fingerprint density at radius 3 is 1.91 bits per heavy atom. The van der Waals surface area contributed by atoms with Gasteiger partial charge >= 0.3 is 0 Å². The second-order valence-electron chi connectivity index (χ2n) is 12.1. The van der Waals surface area contributed by atoms with Crippen molar-refractivity contribution in [2.75, 3.05) is 0 Å². The Morgan fingerprint density at radius 1 is 0.767 bits per heavy atom. The summed E-state index contributed by atoms with van der Waals surface area (Å²) >= 11 is 14.4. The molecule has 0 amide bonds. The van der Waals surface area contributed by atoms with Crippen molar-refractivity contribution in [2.24, 2.45) is 0 Å². The number of hydrogen-bond donors (Lipinski definition) is 0. The predicted molar refractivity (Wildman–Crippen MR) is 188 cm³/mol. The third-order valence-corrected chi connectivity index (χ3v) is 9.41. The number of hydrogen-bond acceptors (Lipinski definition) is 3. The van der Waals surface area contributed by atoms with Gasteiger partial charge in [-0.25, -0.2) is 4.98 Å². The van der Waals surface area contributed by atoms with Crippen molar-refractivity contribution in [2.45, 2.75) is 146 Å². The molecule has 0 bridgehead atoms. The summed E-state index contributed by atoms with van der Waals surface area (Å²) in [6.07, 6.45) is 29.5. The molecule has 0 aliphatic rings. The number of halogens is 2. The molecule has 236 valence electrons. The van der Waals surface area contributed by atoms with Crippen LogP contribution in [-0.4, -0.2) is 14.5 Å². The van der Waals surface area contributed by atoms with E-state index in [4.69, 9.17) is 28.2 Å². The molecule has 0 saturated heterocycles. The van der Waals surface area contributed by atoms with Gasteiger partial charge in [-0.15, -0.1) is 0 Å². The second-order valence-corrected chi connectivity index (χ2v) is 14.0. The van der Waals surface area contributed by atoms with Gasteiger partial charge in [0.05, 0.1) is 5.69 Å². The highest BCUT2D eigenvalue weighted by Gasteiger charge is 2.21. The molecule has 0 spiro atoms. The molecule has 0 unspecified atom stereocenters. The standard InChI is InChI=1S/C37H53Cl2N3S/c1-4-5-6-7-8-9-10-11-12-13-14-15-16-17-18-19-20-21-35-41-36(30(2)3)37(42(35)29-31-22-24-40-25-23-31)43-34-27-32(38)26-33(39)28-34/h11-12,22-28,30H,4-10,13-21,29H2,1-3H3/b12-11-. The number of benzene rings is 1. The van der Waals surface area contributed by atoms with Crippen LogP contribution in [0.15, 0.2) is 64.8 Å². The van der Waals surface area contributed by atoms with E-state index >= 15 is 0 Å². The average molecular weight is 643 g/mol. The summed E-state index contributed by atoms with van der Waals surface area (Å²) in [5.74, 6) is 1.49. The van der Waals surface area contributed by atoms with E-state index in [9.17, 15) is 0 Å². The van der Waals surface area contributed by atoms with Crippen molar-refractivity contribution in [1.82, 2.24) is 14.5 Å². The van der Waals surface area contributed by atoms with Gasteiger partial charge in [0, 0.05) is 40.3 Å². The van der Waals surface area contributed by atoms with E-state index in [1.54, 1.807) is 17.8 Å². The Labute approximate surface area is 276 Å². The summed E-state index contributed by atoms with van der Waals surface area (Å²) in [7, 11) is 0. The zero-order chi connectivity index (χ0) is 30.7. The lowest BCUT2D eigenvalue weighted by atomic mass is 10.1. The van der Waals surface area contributed by atoms with Gasteiger partial charge in [-0.3, -0.25) is 4.98 Å². The molecule has 43 heavy (non-hydrogen) atoms. The highest BCUT2D eigenvalue weighted by atomic mass is 35.5. The number of allylic oxidation sites excluding steroid dienone is 2. The Morgan fingerprint density at radius 2 is 1.33 bits per heavy atom. The van der Waals surface area contributed by atoms with E-state index in [-0.39, 0.29) is 0 Å². The summed E-state index contributed by atoms with van der Waals surface area (Å²) in [5, 5.41) is 2.49. The predicted octanol–water partition coefficient (Wildman–Crippen LogP) is 12.9. The summed E-state index contributed by atoms with van der Waals surface area (Å²) < 4.78 is 2.41. The summed E-state index contributed by atoms with van der Waals surface area (Å²) in [5.41, 5.74) is 2.37. The monoisotopic (exact) mass is 641 g/mol. The van der Waals surface area contributed by atoms with Gasteiger partial charge < -0.3 is 4.57 Å². The minimum atomic E-state index is 0.319. The molecule has 0 aliphatic heterocycles. The van der Waals surface area contributed by atoms with Crippen molar-refractivity contribution in [3.05, 3.63) is 82.0 Å². The van der Waals surface area contributed by atoms with E-state index in [2.05, 4.69) is 54.6 Å². The number of pyridine rings is 1. The Kier molecular flexibility index (Phi) is 17.5. The Bertz CT molecular complexity index is 1190. The highest BCUT2D eigenvalue weighted by molar-refractivity contribution is 7.99. The smallest absolute Gasteiger partial charge is 0.110 e.